The molecule has 0 aliphatic carbocycles. The zero-order valence-corrected chi connectivity index (χ0v) is 16.4. The molecule has 3 rings (SSSR count). The van der Waals surface area contributed by atoms with Gasteiger partial charge in [-0.05, 0) is 42.7 Å². The minimum Gasteiger partial charge on any atom is -0.352 e. The number of piperidine rings is 1. The first-order valence-electron chi connectivity index (χ1n) is 8.75. The molecule has 1 aliphatic heterocycles. The van der Waals surface area contributed by atoms with E-state index in [1.165, 1.54) is 4.31 Å². The van der Waals surface area contributed by atoms with Crippen LogP contribution >= 0.6 is 11.6 Å². The molecular weight excluding hydrogens is 410 g/mol. The summed E-state index contributed by atoms with van der Waals surface area (Å²) in [6, 6.07) is 9.69. The summed E-state index contributed by atoms with van der Waals surface area (Å²) in [7, 11) is -3.93. The Morgan fingerprint density at radius 2 is 1.79 bits per heavy atom. The molecule has 1 N–H and O–H groups in total. The number of nitrogens with zero attached hydrogens (tertiary/aromatic N) is 1. The van der Waals surface area contributed by atoms with E-state index in [9.17, 15) is 22.0 Å². The number of carbonyl (C=O) groups excluding carboxylic acids is 1. The molecule has 0 spiro atoms. The first-order chi connectivity index (χ1) is 13.3. The van der Waals surface area contributed by atoms with Crippen LogP contribution in [0.1, 0.15) is 18.4 Å². The first-order valence-corrected chi connectivity index (χ1v) is 10.6. The maximum absolute atomic E-state index is 13.4. The Balaban J connectivity index is 1.58. The van der Waals surface area contributed by atoms with E-state index in [1.54, 1.807) is 12.1 Å². The Bertz CT molecular complexity index is 977. The minimum atomic E-state index is -3.93. The fourth-order valence-electron chi connectivity index (χ4n) is 3.11. The van der Waals surface area contributed by atoms with Gasteiger partial charge in [0.25, 0.3) is 0 Å². The lowest BCUT2D eigenvalue weighted by molar-refractivity contribution is -0.126. The predicted octanol–water partition coefficient (Wildman–Crippen LogP) is 3.34. The van der Waals surface area contributed by atoms with Crippen molar-refractivity contribution in [1.29, 1.82) is 0 Å². The summed E-state index contributed by atoms with van der Waals surface area (Å²) >= 11 is 6.07. The van der Waals surface area contributed by atoms with E-state index in [0.717, 1.165) is 17.7 Å². The zero-order chi connectivity index (χ0) is 20.3. The van der Waals surface area contributed by atoms with Gasteiger partial charge in [-0.1, -0.05) is 29.8 Å². The highest BCUT2D eigenvalue weighted by Crippen LogP contribution is 2.25. The van der Waals surface area contributed by atoms with E-state index >= 15 is 0 Å². The molecule has 0 radical (unpaired) electrons. The summed E-state index contributed by atoms with van der Waals surface area (Å²) in [5.74, 6) is -2.80. The van der Waals surface area contributed by atoms with Gasteiger partial charge in [0.2, 0.25) is 15.9 Å². The Labute approximate surface area is 167 Å². The van der Waals surface area contributed by atoms with Gasteiger partial charge in [0.05, 0.1) is 4.90 Å². The smallest absolute Gasteiger partial charge is 0.243 e. The van der Waals surface area contributed by atoms with E-state index in [4.69, 9.17) is 11.6 Å². The average molecular weight is 429 g/mol. The number of halogens is 3. The summed E-state index contributed by atoms with van der Waals surface area (Å²) in [5.41, 5.74) is 0.802. The van der Waals surface area contributed by atoms with Gasteiger partial charge in [-0.3, -0.25) is 4.79 Å². The lowest BCUT2D eigenvalue weighted by atomic mass is 9.97. The number of benzene rings is 2. The SMILES string of the molecule is O=C(NCc1ccccc1Cl)C1CCN(S(=O)(=O)c2ccc(F)c(F)c2)CC1. The van der Waals surface area contributed by atoms with Crippen molar-refractivity contribution in [1.82, 2.24) is 9.62 Å². The third kappa shape index (κ3) is 4.51. The molecule has 1 saturated heterocycles. The summed E-state index contributed by atoms with van der Waals surface area (Å²) < 4.78 is 52.8. The molecule has 2 aromatic carbocycles. The molecule has 0 bridgehead atoms. The van der Waals surface area contributed by atoms with Crippen LogP contribution in [0.4, 0.5) is 8.78 Å². The Kier molecular flexibility index (Phi) is 6.32. The molecule has 2 aromatic rings. The maximum Gasteiger partial charge on any atom is 0.243 e. The van der Waals surface area contributed by atoms with Crippen LogP contribution in [0.25, 0.3) is 0 Å². The predicted molar refractivity (Wildman–Crippen MR) is 101 cm³/mol. The van der Waals surface area contributed by atoms with Crippen LogP contribution in [-0.4, -0.2) is 31.7 Å². The molecule has 0 atom stereocenters. The van der Waals surface area contributed by atoms with Gasteiger partial charge in [0.15, 0.2) is 11.6 Å². The number of nitrogens with one attached hydrogen (secondary N) is 1. The maximum atomic E-state index is 13.4. The molecule has 5 nitrogen and oxygen atoms in total. The van der Waals surface area contributed by atoms with E-state index in [0.29, 0.717) is 30.5 Å². The van der Waals surface area contributed by atoms with Gasteiger partial charge in [0.1, 0.15) is 0 Å². The van der Waals surface area contributed by atoms with Crippen molar-refractivity contribution in [3.05, 3.63) is 64.7 Å². The first kappa shape index (κ1) is 20.7. The Hall–Kier alpha value is -2.03. The van der Waals surface area contributed by atoms with Crippen molar-refractivity contribution >= 4 is 27.5 Å². The lowest BCUT2D eigenvalue weighted by Gasteiger charge is -2.30. The highest BCUT2D eigenvalue weighted by atomic mass is 35.5. The van der Waals surface area contributed by atoms with Crippen LogP contribution in [0.5, 0.6) is 0 Å². The fourth-order valence-corrected chi connectivity index (χ4v) is 4.80. The average Bonchev–Trinajstić information content (AvgIpc) is 2.69. The molecule has 28 heavy (non-hydrogen) atoms. The summed E-state index contributed by atoms with van der Waals surface area (Å²) in [6.07, 6.45) is 0.689. The van der Waals surface area contributed by atoms with Crippen LogP contribution in [-0.2, 0) is 21.4 Å². The van der Waals surface area contributed by atoms with Crippen LogP contribution < -0.4 is 5.32 Å². The molecule has 0 saturated carbocycles. The minimum absolute atomic E-state index is 0.130. The van der Waals surface area contributed by atoms with Crippen molar-refractivity contribution in [2.75, 3.05) is 13.1 Å². The van der Waals surface area contributed by atoms with Gasteiger partial charge in [-0.15, -0.1) is 0 Å². The molecule has 150 valence electrons. The van der Waals surface area contributed by atoms with E-state index in [-0.39, 0.29) is 29.8 Å². The third-order valence-corrected chi connectivity index (χ3v) is 7.03. The van der Waals surface area contributed by atoms with Gasteiger partial charge in [-0.25, -0.2) is 17.2 Å². The second-order valence-electron chi connectivity index (χ2n) is 6.56. The summed E-state index contributed by atoms with van der Waals surface area (Å²) in [6.45, 7) is 0.558. The largest absolute Gasteiger partial charge is 0.352 e. The van der Waals surface area contributed by atoms with Crippen molar-refractivity contribution in [3.63, 3.8) is 0 Å². The quantitative estimate of drug-likeness (QED) is 0.794. The van der Waals surface area contributed by atoms with Crippen molar-refractivity contribution in [2.24, 2.45) is 5.92 Å². The van der Waals surface area contributed by atoms with Gasteiger partial charge in [-0.2, -0.15) is 4.31 Å². The standard InChI is InChI=1S/C19H19ClF2N2O3S/c20-16-4-2-1-3-14(16)12-23-19(25)13-7-9-24(10-8-13)28(26,27)15-5-6-17(21)18(22)11-15/h1-6,11,13H,7-10,12H2,(H,23,25). The fraction of sp³-hybridized carbons (Fsp3) is 0.316. The number of carbonyl (C=O) groups is 1. The second-order valence-corrected chi connectivity index (χ2v) is 8.91. The van der Waals surface area contributed by atoms with Crippen molar-refractivity contribution < 1.29 is 22.0 Å². The molecule has 0 unspecified atom stereocenters. The molecule has 0 aromatic heterocycles. The van der Waals surface area contributed by atoms with Crippen LogP contribution in [0.15, 0.2) is 47.4 Å². The van der Waals surface area contributed by atoms with Crippen LogP contribution in [0.2, 0.25) is 5.02 Å². The van der Waals surface area contributed by atoms with E-state index in [1.807, 2.05) is 12.1 Å². The van der Waals surface area contributed by atoms with E-state index < -0.39 is 21.7 Å². The van der Waals surface area contributed by atoms with Crippen LogP contribution in [0.3, 0.4) is 0 Å². The van der Waals surface area contributed by atoms with Gasteiger partial charge >= 0.3 is 0 Å². The number of sulfonamides is 1. The molecule has 1 fully saturated rings. The molecule has 1 aliphatic rings. The number of amides is 1. The third-order valence-electron chi connectivity index (χ3n) is 4.76. The van der Waals surface area contributed by atoms with Gasteiger partial charge in [0, 0.05) is 30.6 Å². The highest BCUT2D eigenvalue weighted by molar-refractivity contribution is 7.89. The van der Waals surface area contributed by atoms with Crippen LogP contribution in [0, 0.1) is 17.6 Å². The lowest BCUT2D eigenvalue weighted by Crippen LogP contribution is -2.42. The molecule has 1 amide bonds. The Morgan fingerprint density at radius 1 is 1.11 bits per heavy atom. The molecule has 9 heteroatoms. The molecular formula is C19H19ClF2N2O3S. The molecule has 1 heterocycles. The monoisotopic (exact) mass is 428 g/mol. The normalized spacial score (nSPS) is 16.1. The van der Waals surface area contributed by atoms with Crippen molar-refractivity contribution in [2.45, 2.75) is 24.3 Å². The highest BCUT2D eigenvalue weighted by Gasteiger charge is 2.32. The van der Waals surface area contributed by atoms with Crippen molar-refractivity contribution in [3.8, 4) is 0 Å². The summed E-state index contributed by atoms with van der Waals surface area (Å²) in [4.78, 5) is 12.1. The zero-order valence-electron chi connectivity index (χ0n) is 14.9. The number of rotatable bonds is 5. The summed E-state index contributed by atoms with van der Waals surface area (Å²) in [5, 5.41) is 3.39. The Morgan fingerprint density at radius 3 is 2.43 bits per heavy atom. The second kappa shape index (κ2) is 8.55. The van der Waals surface area contributed by atoms with E-state index in [2.05, 4.69) is 5.32 Å². The number of hydrogen-bond acceptors (Lipinski definition) is 3. The van der Waals surface area contributed by atoms with Gasteiger partial charge < -0.3 is 5.32 Å². The number of hydrogen-bond donors (Lipinski definition) is 1. The topological polar surface area (TPSA) is 66.5 Å².